The first-order valence-corrected chi connectivity index (χ1v) is 10.2. The summed E-state index contributed by atoms with van der Waals surface area (Å²) in [6, 6.07) is 0. The average Bonchev–Trinajstić information content (AvgIpc) is 3.01. The molecule has 24 heavy (non-hydrogen) atoms. The fraction of sp³-hybridized carbons (Fsp3) is 0.778. The molecule has 0 spiro atoms. The van der Waals surface area contributed by atoms with Crippen molar-refractivity contribution in [1.29, 1.82) is 0 Å². The summed E-state index contributed by atoms with van der Waals surface area (Å²) in [5.74, 6) is 0.891. The molecule has 1 heterocycles. The molecule has 0 aromatic carbocycles. The van der Waals surface area contributed by atoms with Crippen molar-refractivity contribution in [3.8, 4) is 0 Å². The summed E-state index contributed by atoms with van der Waals surface area (Å²) in [5, 5.41) is 9.93. The summed E-state index contributed by atoms with van der Waals surface area (Å²) in [7, 11) is 0. The van der Waals surface area contributed by atoms with Crippen LogP contribution in [0, 0.1) is 6.92 Å². The lowest BCUT2D eigenvalue weighted by molar-refractivity contribution is 0.0281. The summed E-state index contributed by atoms with van der Waals surface area (Å²) >= 11 is 1.71. The van der Waals surface area contributed by atoms with Crippen LogP contribution in [0.15, 0.2) is 10.4 Å². The van der Waals surface area contributed by atoms with Crippen molar-refractivity contribution in [3.05, 3.63) is 16.1 Å². The predicted octanol–water partition coefficient (Wildman–Crippen LogP) is 3.29. The van der Waals surface area contributed by atoms with Crippen molar-refractivity contribution in [2.45, 2.75) is 64.9 Å². The molecule has 2 N–H and O–H groups in total. The van der Waals surface area contributed by atoms with Gasteiger partial charge in [0.1, 0.15) is 0 Å². The van der Waals surface area contributed by atoms with Gasteiger partial charge in [0.25, 0.3) is 0 Å². The van der Waals surface area contributed by atoms with Crippen LogP contribution in [-0.4, -0.2) is 43.3 Å². The molecule has 136 valence electrons. The molecule has 2 rings (SSSR count). The zero-order chi connectivity index (χ0) is 17.0. The number of nitrogens with one attached hydrogen (secondary N) is 2. The Morgan fingerprint density at radius 3 is 2.88 bits per heavy atom. The zero-order valence-corrected chi connectivity index (χ0v) is 16.0. The zero-order valence-electron chi connectivity index (χ0n) is 15.1. The summed E-state index contributed by atoms with van der Waals surface area (Å²) in [6.07, 6.45) is 8.93. The Labute approximate surface area is 150 Å². The van der Waals surface area contributed by atoms with Gasteiger partial charge in [-0.3, -0.25) is 4.99 Å². The van der Waals surface area contributed by atoms with Crippen molar-refractivity contribution in [2.75, 3.05) is 26.2 Å². The fourth-order valence-electron chi connectivity index (χ4n) is 2.91. The molecule has 1 aliphatic rings. The lowest BCUT2D eigenvalue weighted by Gasteiger charge is -2.21. The summed E-state index contributed by atoms with van der Waals surface area (Å²) in [6.45, 7) is 7.49. The topological polar surface area (TPSA) is 58.5 Å². The molecule has 1 saturated carbocycles. The highest BCUT2D eigenvalue weighted by Crippen LogP contribution is 2.20. The smallest absolute Gasteiger partial charge is 0.191 e. The lowest BCUT2D eigenvalue weighted by Crippen LogP contribution is -2.38. The molecule has 0 aliphatic heterocycles. The first-order chi connectivity index (χ1) is 11.8. The van der Waals surface area contributed by atoms with Gasteiger partial charge in [-0.2, -0.15) is 0 Å². The van der Waals surface area contributed by atoms with Crippen molar-refractivity contribution >= 4 is 17.3 Å². The van der Waals surface area contributed by atoms with Gasteiger partial charge in [-0.15, -0.1) is 11.3 Å². The molecule has 5 nitrogen and oxygen atoms in total. The van der Waals surface area contributed by atoms with Crippen LogP contribution < -0.4 is 10.6 Å². The van der Waals surface area contributed by atoms with E-state index < -0.39 is 0 Å². The van der Waals surface area contributed by atoms with Crippen LogP contribution in [0.3, 0.4) is 0 Å². The SMILES string of the molecule is CCNC(=NCCCOC1CCCCC1)NCCc1csc(C)n1. The predicted molar refractivity (Wildman–Crippen MR) is 102 cm³/mol. The van der Waals surface area contributed by atoms with Crippen LogP contribution in [-0.2, 0) is 11.2 Å². The molecule has 6 heteroatoms. The number of guanidine groups is 1. The summed E-state index contributed by atoms with van der Waals surface area (Å²) in [4.78, 5) is 9.12. The van der Waals surface area contributed by atoms with Gasteiger partial charge >= 0.3 is 0 Å². The minimum atomic E-state index is 0.496. The van der Waals surface area contributed by atoms with E-state index in [4.69, 9.17) is 4.74 Å². The summed E-state index contributed by atoms with van der Waals surface area (Å²) in [5.41, 5.74) is 1.15. The van der Waals surface area contributed by atoms with E-state index >= 15 is 0 Å². The van der Waals surface area contributed by atoms with Crippen LogP contribution in [0.25, 0.3) is 0 Å². The molecule has 0 unspecified atom stereocenters. The minimum Gasteiger partial charge on any atom is -0.378 e. The largest absolute Gasteiger partial charge is 0.378 e. The highest BCUT2D eigenvalue weighted by molar-refractivity contribution is 7.09. The van der Waals surface area contributed by atoms with Gasteiger partial charge in [-0.25, -0.2) is 4.98 Å². The number of thiazole rings is 1. The van der Waals surface area contributed by atoms with Crippen molar-refractivity contribution in [2.24, 2.45) is 4.99 Å². The number of ether oxygens (including phenoxy) is 1. The second-order valence-corrected chi connectivity index (χ2v) is 7.34. The van der Waals surface area contributed by atoms with Gasteiger partial charge in [0.15, 0.2) is 5.96 Å². The third-order valence-electron chi connectivity index (χ3n) is 4.16. The monoisotopic (exact) mass is 352 g/mol. The fourth-order valence-corrected chi connectivity index (χ4v) is 3.56. The maximum Gasteiger partial charge on any atom is 0.191 e. The number of aryl methyl sites for hydroxylation is 1. The van der Waals surface area contributed by atoms with Gasteiger partial charge < -0.3 is 15.4 Å². The molecular formula is C18H32N4OS. The molecule has 1 aliphatic carbocycles. The third-order valence-corrected chi connectivity index (χ3v) is 4.98. The van der Waals surface area contributed by atoms with Gasteiger partial charge in [0, 0.05) is 38.0 Å². The van der Waals surface area contributed by atoms with E-state index in [9.17, 15) is 0 Å². The Morgan fingerprint density at radius 2 is 2.17 bits per heavy atom. The van der Waals surface area contributed by atoms with Gasteiger partial charge in [0.2, 0.25) is 0 Å². The minimum absolute atomic E-state index is 0.496. The third kappa shape index (κ3) is 7.62. The van der Waals surface area contributed by atoms with E-state index in [1.807, 2.05) is 6.92 Å². The van der Waals surface area contributed by atoms with Crippen LogP contribution in [0.5, 0.6) is 0 Å². The number of rotatable bonds is 9. The van der Waals surface area contributed by atoms with Crippen LogP contribution in [0.1, 0.15) is 56.2 Å². The first kappa shape index (κ1) is 19.2. The molecule has 0 atom stereocenters. The molecule has 1 aromatic heterocycles. The standard InChI is InChI=1S/C18H32N4OS/c1-3-19-18(21-12-10-16-14-24-15(2)22-16)20-11-7-13-23-17-8-5-4-6-9-17/h14,17H,3-13H2,1-2H3,(H2,19,20,21). The molecular weight excluding hydrogens is 320 g/mol. The first-order valence-electron chi connectivity index (χ1n) is 9.32. The molecule has 1 aromatic rings. The number of hydrogen-bond donors (Lipinski definition) is 2. The Balaban J connectivity index is 1.60. The maximum atomic E-state index is 5.95. The van der Waals surface area contributed by atoms with Gasteiger partial charge in [-0.05, 0) is 33.1 Å². The van der Waals surface area contributed by atoms with E-state index in [0.29, 0.717) is 6.10 Å². The highest BCUT2D eigenvalue weighted by atomic mass is 32.1. The second kappa shape index (κ2) is 11.4. The van der Waals surface area contributed by atoms with E-state index in [1.165, 1.54) is 32.1 Å². The Bertz CT molecular complexity index is 483. The quantitative estimate of drug-likeness (QED) is 0.407. The van der Waals surface area contributed by atoms with Crippen molar-refractivity contribution in [3.63, 3.8) is 0 Å². The van der Waals surface area contributed by atoms with Gasteiger partial charge in [-0.1, -0.05) is 19.3 Å². The second-order valence-electron chi connectivity index (χ2n) is 6.28. The van der Waals surface area contributed by atoms with E-state index in [2.05, 4.69) is 32.9 Å². The van der Waals surface area contributed by atoms with Crippen LogP contribution in [0.2, 0.25) is 0 Å². The Morgan fingerprint density at radius 1 is 1.33 bits per heavy atom. The highest BCUT2D eigenvalue weighted by Gasteiger charge is 2.12. The van der Waals surface area contributed by atoms with Gasteiger partial charge in [0.05, 0.1) is 16.8 Å². The maximum absolute atomic E-state index is 5.95. The number of hydrogen-bond acceptors (Lipinski definition) is 4. The number of aliphatic imine (C=N–C) groups is 1. The van der Waals surface area contributed by atoms with Crippen molar-refractivity contribution < 1.29 is 4.74 Å². The molecule has 1 fully saturated rings. The molecule has 0 saturated heterocycles. The molecule has 0 bridgehead atoms. The molecule has 0 radical (unpaired) electrons. The van der Waals surface area contributed by atoms with E-state index in [0.717, 1.165) is 55.7 Å². The Hall–Kier alpha value is -1.14. The average molecular weight is 353 g/mol. The summed E-state index contributed by atoms with van der Waals surface area (Å²) < 4.78 is 5.95. The van der Waals surface area contributed by atoms with Crippen molar-refractivity contribution in [1.82, 2.24) is 15.6 Å². The van der Waals surface area contributed by atoms with E-state index in [-0.39, 0.29) is 0 Å². The lowest BCUT2D eigenvalue weighted by atomic mass is 9.98. The van der Waals surface area contributed by atoms with Crippen LogP contribution >= 0.6 is 11.3 Å². The number of nitrogens with zero attached hydrogens (tertiary/aromatic N) is 2. The van der Waals surface area contributed by atoms with Crippen LogP contribution in [0.4, 0.5) is 0 Å². The van der Waals surface area contributed by atoms with E-state index in [1.54, 1.807) is 11.3 Å². The molecule has 0 amide bonds. The number of aromatic nitrogens is 1. The normalized spacial score (nSPS) is 16.3. The Kier molecular flexibility index (Phi) is 9.13.